The Labute approximate surface area is 264 Å². The minimum atomic E-state index is -3.60. The number of hydrogen-bond donors (Lipinski definition) is 0. The van der Waals surface area contributed by atoms with Gasteiger partial charge in [-0.2, -0.15) is 0 Å². The van der Waals surface area contributed by atoms with E-state index in [1.54, 1.807) is 18.2 Å². The van der Waals surface area contributed by atoms with Crippen molar-refractivity contribution in [2.45, 2.75) is 9.79 Å². The summed E-state index contributed by atoms with van der Waals surface area (Å²) in [5.74, 6) is 1.59. The van der Waals surface area contributed by atoms with E-state index in [0.717, 1.165) is 60.9 Å². The number of para-hydroxylation sites is 1. The Morgan fingerprint density at radius 1 is 0.413 bits per heavy atom. The van der Waals surface area contributed by atoms with Crippen molar-refractivity contribution in [3.05, 3.63) is 140 Å². The van der Waals surface area contributed by atoms with E-state index in [2.05, 4.69) is 6.07 Å². The van der Waals surface area contributed by atoms with Gasteiger partial charge in [0, 0.05) is 38.6 Å². The second-order valence-electron chi connectivity index (χ2n) is 11.3. The van der Waals surface area contributed by atoms with E-state index in [1.165, 1.54) is 0 Å². The summed E-state index contributed by atoms with van der Waals surface area (Å²) in [6.07, 6.45) is 0. The molecule has 0 radical (unpaired) electrons. The predicted molar refractivity (Wildman–Crippen MR) is 180 cm³/mol. The third kappa shape index (κ3) is 4.17. The molecule has 6 nitrogen and oxygen atoms in total. The highest BCUT2D eigenvalue weighted by Crippen LogP contribution is 2.44. The first kappa shape index (κ1) is 26.5. The smallest absolute Gasteiger partial charge is 0.207 e. The fraction of sp³-hybridized carbons (Fsp3) is 0. The zero-order chi connectivity index (χ0) is 30.8. The van der Waals surface area contributed by atoms with Crippen molar-refractivity contribution in [2.24, 2.45) is 0 Å². The van der Waals surface area contributed by atoms with Crippen LogP contribution < -0.4 is 0 Å². The first-order chi connectivity index (χ1) is 22.5. The van der Waals surface area contributed by atoms with Gasteiger partial charge in [-0.25, -0.2) is 23.4 Å². The average molecular weight is 614 g/mol. The van der Waals surface area contributed by atoms with E-state index in [1.807, 2.05) is 115 Å². The van der Waals surface area contributed by atoms with Gasteiger partial charge >= 0.3 is 0 Å². The summed E-state index contributed by atoms with van der Waals surface area (Å²) < 4.78 is 32.9. The lowest BCUT2D eigenvalue weighted by molar-refractivity contribution is 0.598. The van der Waals surface area contributed by atoms with E-state index in [-0.39, 0.29) is 0 Å². The van der Waals surface area contributed by atoms with E-state index >= 15 is 0 Å². The second-order valence-corrected chi connectivity index (χ2v) is 13.2. The molecule has 1 aliphatic rings. The molecule has 218 valence electrons. The molecule has 0 atom stereocenters. The Balaban J connectivity index is 1.17. The largest absolute Gasteiger partial charge is 0.456 e. The van der Waals surface area contributed by atoms with Gasteiger partial charge in [-0.1, -0.05) is 103 Å². The van der Waals surface area contributed by atoms with Crippen molar-refractivity contribution >= 4 is 31.8 Å². The van der Waals surface area contributed by atoms with Gasteiger partial charge < -0.3 is 4.42 Å². The van der Waals surface area contributed by atoms with Crippen LogP contribution in [-0.2, 0) is 9.84 Å². The van der Waals surface area contributed by atoms with Crippen LogP contribution in [0.3, 0.4) is 0 Å². The molecule has 0 unspecified atom stereocenters. The van der Waals surface area contributed by atoms with Crippen LogP contribution in [0.1, 0.15) is 0 Å². The topological polar surface area (TPSA) is 86.0 Å². The number of nitrogens with zero attached hydrogens (tertiary/aromatic N) is 3. The van der Waals surface area contributed by atoms with Gasteiger partial charge in [0.25, 0.3) is 0 Å². The summed E-state index contributed by atoms with van der Waals surface area (Å²) in [5.41, 5.74) is 7.19. The molecule has 0 N–H and O–H groups in total. The Morgan fingerprint density at radius 2 is 1.00 bits per heavy atom. The molecule has 3 heterocycles. The Bertz CT molecular complexity index is 2610. The highest BCUT2D eigenvalue weighted by molar-refractivity contribution is 7.92. The number of aromatic nitrogens is 3. The quantitative estimate of drug-likeness (QED) is 0.197. The van der Waals surface area contributed by atoms with Crippen molar-refractivity contribution in [1.82, 2.24) is 15.0 Å². The van der Waals surface area contributed by atoms with Crippen LogP contribution in [0.15, 0.2) is 154 Å². The maximum absolute atomic E-state index is 13.4. The van der Waals surface area contributed by atoms with Crippen molar-refractivity contribution in [3.63, 3.8) is 0 Å². The summed E-state index contributed by atoms with van der Waals surface area (Å²) in [6, 6.07) is 44.5. The van der Waals surface area contributed by atoms with Gasteiger partial charge in [-0.15, -0.1) is 0 Å². The monoisotopic (exact) mass is 613 g/mol. The molecule has 8 aromatic rings. The molecule has 0 fully saturated rings. The summed E-state index contributed by atoms with van der Waals surface area (Å²) in [5, 5.41) is 2.09. The lowest BCUT2D eigenvalue weighted by Crippen LogP contribution is -2.00. The van der Waals surface area contributed by atoms with Crippen LogP contribution in [0.4, 0.5) is 0 Å². The minimum Gasteiger partial charge on any atom is -0.456 e. The molecule has 7 heteroatoms. The molecule has 46 heavy (non-hydrogen) atoms. The number of fused-ring (bicyclic) bond motifs is 6. The number of hydrogen-bond acceptors (Lipinski definition) is 6. The number of sulfone groups is 1. The normalized spacial score (nSPS) is 13.1. The maximum Gasteiger partial charge on any atom is 0.207 e. The fourth-order valence-corrected chi connectivity index (χ4v) is 7.95. The van der Waals surface area contributed by atoms with Crippen LogP contribution in [0.2, 0.25) is 0 Å². The highest BCUT2D eigenvalue weighted by atomic mass is 32.2. The standard InChI is InChI=1S/C39H23N3O3S/c43-46(44)35-16-7-5-14-31(35)32-20-17-26(23-36(32)46)25-11-8-12-27(21-25)38-40-37(24-9-2-1-3-10-24)41-39(42-38)28-18-19-30-29-13-4-6-15-33(29)45-34(30)22-28/h1-23H. The van der Waals surface area contributed by atoms with E-state index in [9.17, 15) is 8.42 Å². The summed E-state index contributed by atoms with van der Waals surface area (Å²) in [4.78, 5) is 15.4. The SMILES string of the molecule is O=S1(=O)c2ccccc2-c2ccc(-c3cccc(-c4nc(-c5ccccc5)nc(-c5ccc6c(c5)oc5ccccc56)n4)c3)cc21. The molecular weight excluding hydrogens is 591 g/mol. The van der Waals surface area contributed by atoms with Crippen LogP contribution in [0, 0.1) is 0 Å². The maximum atomic E-state index is 13.4. The fourth-order valence-electron chi connectivity index (χ4n) is 6.24. The van der Waals surface area contributed by atoms with Gasteiger partial charge in [0.1, 0.15) is 11.2 Å². The number of benzene rings is 6. The molecule has 0 bridgehead atoms. The molecule has 0 saturated heterocycles. The van der Waals surface area contributed by atoms with Crippen molar-refractivity contribution in [1.29, 1.82) is 0 Å². The van der Waals surface area contributed by atoms with Gasteiger partial charge in [0.05, 0.1) is 9.79 Å². The van der Waals surface area contributed by atoms with Gasteiger partial charge in [0.2, 0.25) is 9.84 Å². The van der Waals surface area contributed by atoms with Crippen molar-refractivity contribution in [2.75, 3.05) is 0 Å². The predicted octanol–water partition coefficient (Wildman–Crippen LogP) is 9.25. The zero-order valence-corrected chi connectivity index (χ0v) is 25.1. The van der Waals surface area contributed by atoms with Gasteiger partial charge in [0.15, 0.2) is 17.5 Å². The number of furan rings is 1. The Kier molecular flexibility index (Phi) is 5.79. The van der Waals surface area contributed by atoms with Crippen LogP contribution >= 0.6 is 0 Å². The Hall–Kier alpha value is -5.92. The molecule has 1 aliphatic heterocycles. The zero-order valence-electron chi connectivity index (χ0n) is 24.3. The van der Waals surface area contributed by atoms with E-state index in [0.29, 0.717) is 27.3 Å². The molecule has 0 spiro atoms. The first-order valence-electron chi connectivity index (χ1n) is 14.9. The second kappa shape index (κ2) is 10.1. The molecular formula is C39H23N3O3S. The Morgan fingerprint density at radius 3 is 1.85 bits per heavy atom. The van der Waals surface area contributed by atoms with Crippen LogP contribution in [0.25, 0.3) is 78.4 Å². The van der Waals surface area contributed by atoms with Crippen LogP contribution in [0.5, 0.6) is 0 Å². The third-order valence-corrected chi connectivity index (χ3v) is 10.3. The summed E-state index contributed by atoms with van der Waals surface area (Å²) in [7, 11) is -3.60. The van der Waals surface area contributed by atoms with Gasteiger partial charge in [-0.05, 0) is 47.5 Å². The molecule has 6 aromatic carbocycles. The van der Waals surface area contributed by atoms with Gasteiger partial charge in [-0.3, -0.25) is 0 Å². The highest BCUT2D eigenvalue weighted by Gasteiger charge is 2.32. The molecule has 0 amide bonds. The molecule has 9 rings (SSSR count). The van der Waals surface area contributed by atoms with Crippen molar-refractivity contribution in [3.8, 4) is 56.4 Å². The van der Waals surface area contributed by atoms with E-state index in [4.69, 9.17) is 19.4 Å². The van der Waals surface area contributed by atoms with E-state index < -0.39 is 9.84 Å². The number of rotatable bonds is 4. The van der Waals surface area contributed by atoms with Crippen molar-refractivity contribution < 1.29 is 12.8 Å². The lowest BCUT2D eigenvalue weighted by Gasteiger charge is -2.10. The summed E-state index contributed by atoms with van der Waals surface area (Å²) >= 11 is 0. The first-order valence-corrected chi connectivity index (χ1v) is 16.3. The van der Waals surface area contributed by atoms with Crippen LogP contribution in [-0.4, -0.2) is 23.4 Å². The molecule has 2 aromatic heterocycles. The molecule has 0 aliphatic carbocycles. The average Bonchev–Trinajstić information content (AvgIpc) is 3.60. The lowest BCUT2D eigenvalue weighted by atomic mass is 9.99. The summed E-state index contributed by atoms with van der Waals surface area (Å²) in [6.45, 7) is 0. The minimum absolute atomic E-state index is 0.325. The molecule has 0 saturated carbocycles. The third-order valence-electron chi connectivity index (χ3n) is 8.50.